The fraction of sp³-hybridized carbons (Fsp3) is 0.364. The average Bonchev–Trinajstić information content (AvgIpc) is 2.27. The maximum atomic E-state index is 11.4. The molecule has 1 amide bonds. The third-order valence-electron chi connectivity index (χ3n) is 2.16. The maximum Gasteiger partial charge on any atom is 0.242 e. The molecule has 0 aliphatic rings. The highest BCUT2D eigenvalue weighted by Gasteiger charge is 2.27. The summed E-state index contributed by atoms with van der Waals surface area (Å²) in [7, 11) is 0. The van der Waals surface area contributed by atoms with Gasteiger partial charge in [0.2, 0.25) is 5.91 Å². The second-order valence-corrected chi connectivity index (χ2v) is 4.54. The van der Waals surface area contributed by atoms with Crippen LogP contribution >= 0.6 is 11.6 Å². The van der Waals surface area contributed by atoms with Gasteiger partial charge in [-0.3, -0.25) is 10.2 Å². The van der Waals surface area contributed by atoms with Crippen LogP contribution in [0.5, 0.6) is 5.75 Å². The molecule has 1 aromatic carbocycles. The molecule has 3 N–H and O–H groups in total. The Morgan fingerprint density at radius 3 is 2.50 bits per heavy atom. The van der Waals surface area contributed by atoms with Crippen molar-refractivity contribution < 1.29 is 9.53 Å². The molecule has 0 radical (unpaired) electrons. The molecule has 0 heterocycles. The van der Waals surface area contributed by atoms with Crippen LogP contribution in [0.1, 0.15) is 13.8 Å². The van der Waals surface area contributed by atoms with E-state index in [2.05, 4.69) is 5.43 Å². The number of benzene rings is 1. The monoisotopic (exact) mass is 242 g/mol. The molecule has 0 aliphatic carbocycles. The molecule has 0 saturated carbocycles. The molecule has 0 saturated heterocycles. The van der Waals surface area contributed by atoms with Crippen molar-refractivity contribution in [2.75, 3.05) is 6.61 Å². The maximum absolute atomic E-state index is 11.4. The number of nitrogens with two attached hydrogens (primary N) is 1. The number of carbonyl (C=O) groups is 1. The number of carbonyl (C=O) groups excluding carboxylic acids is 1. The molecular formula is C11H15ClN2O2. The minimum absolute atomic E-state index is 0.248. The highest BCUT2D eigenvalue weighted by Crippen LogP contribution is 2.20. The van der Waals surface area contributed by atoms with Gasteiger partial charge < -0.3 is 4.74 Å². The normalized spacial score (nSPS) is 11.0. The molecule has 16 heavy (non-hydrogen) atoms. The van der Waals surface area contributed by atoms with Crippen LogP contribution in [0.4, 0.5) is 0 Å². The number of rotatable bonds is 4. The summed E-state index contributed by atoms with van der Waals surface area (Å²) in [4.78, 5) is 11.4. The van der Waals surface area contributed by atoms with Gasteiger partial charge in [-0.05, 0) is 38.1 Å². The van der Waals surface area contributed by atoms with Gasteiger partial charge in [0.25, 0.3) is 0 Å². The third-order valence-corrected chi connectivity index (χ3v) is 2.41. The standard InChI is InChI=1S/C11H15ClN2O2/c1-11(2,10(15)14-13)7-16-9-5-3-8(12)4-6-9/h3-6H,7,13H2,1-2H3,(H,14,15). The first-order chi connectivity index (χ1) is 7.45. The van der Waals surface area contributed by atoms with Crippen molar-refractivity contribution >= 4 is 17.5 Å². The Hall–Kier alpha value is -1.26. The van der Waals surface area contributed by atoms with Gasteiger partial charge in [-0.2, -0.15) is 0 Å². The highest BCUT2D eigenvalue weighted by atomic mass is 35.5. The molecule has 0 atom stereocenters. The number of hydrogen-bond acceptors (Lipinski definition) is 3. The van der Waals surface area contributed by atoms with Crippen molar-refractivity contribution in [3.63, 3.8) is 0 Å². The lowest BCUT2D eigenvalue weighted by atomic mass is 9.94. The van der Waals surface area contributed by atoms with Gasteiger partial charge >= 0.3 is 0 Å². The van der Waals surface area contributed by atoms with E-state index in [-0.39, 0.29) is 12.5 Å². The van der Waals surface area contributed by atoms with Gasteiger partial charge in [0.1, 0.15) is 12.4 Å². The smallest absolute Gasteiger partial charge is 0.242 e. The van der Waals surface area contributed by atoms with Crippen molar-refractivity contribution in [3.05, 3.63) is 29.3 Å². The summed E-state index contributed by atoms with van der Waals surface area (Å²) in [5.41, 5.74) is 1.44. The Morgan fingerprint density at radius 1 is 1.44 bits per heavy atom. The van der Waals surface area contributed by atoms with E-state index in [4.69, 9.17) is 22.2 Å². The van der Waals surface area contributed by atoms with E-state index in [0.717, 1.165) is 0 Å². The van der Waals surface area contributed by atoms with Gasteiger partial charge in [-0.15, -0.1) is 0 Å². The van der Waals surface area contributed by atoms with Crippen molar-refractivity contribution in [1.82, 2.24) is 5.43 Å². The topological polar surface area (TPSA) is 64.3 Å². The van der Waals surface area contributed by atoms with Crippen LogP contribution in [0.25, 0.3) is 0 Å². The predicted octanol–water partition coefficient (Wildman–Crippen LogP) is 1.73. The molecule has 0 aromatic heterocycles. The molecule has 0 unspecified atom stereocenters. The van der Waals surface area contributed by atoms with Crippen LogP contribution in [0.2, 0.25) is 5.02 Å². The lowest BCUT2D eigenvalue weighted by Gasteiger charge is -2.22. The van der Waals surface area contributed by atoms with Gasteiger partial charge in [0.05, 0.1) is 5.41 Å². The zero-order valence-electron chi connectivity index (χ0n) is 9.29. The largest absolute Gasteiger partial charge is 0.492 e. The van der Waals surface area contributed by atoms with E-state index >= 15 is 0 Å². The van der Waals surface area contributed by atoms with Crippen LogP contribution in [0.15, 0.2) is 24.3 Å². The minimum Gasteiger partial charge on any atom is -0.492 e. The zero-order chi connectivity index (χ0) is 12.2. The Balaban J connectivity index is 2.57. The summed E-state index contributed by atoms with van der Waals surface area (Å²) < 4.78 is 5.47. The molecule has 1 rings (SSSR count). The van der Waals surface area contributed by atoms with E-state index in [1.807, 2.05) is 0 Å². The molecule has 0 spiro atoms. The average molecular weight is 243 g/mol. The lowest BCUT2D eigenvalue weighted by Crippen LogP contribution is -2.44. The number of amides is 1. The first-order valence-electron chi connectivity index (χ1n) is 4.85. The van der Waals surface area contributed by atoms with Crippen molar-refractivity contribution in [2.24, 2.45) is 11.3 Å². The SMILES string of the molecule is CC(C)(COc1ccc(Cl)cc1)C(=O)NN. The van der Waals surface area contributed by atoms with Crippen molar-refractivity contribution in [2.45, 2.75) is 13.8 Å². The summed E-state index contributed by atoms with van der Waals surface area (Å²) in [6.45, 7) is 3.76. The molecule has 88 valence electrons. The zero-order valence-corrected chi connectivity index (χ0v) is 10.0. The quantitative estimate of drug-likeness (QED) is 0.480. The van der Waals surface area contributed by atoms with Gasteiger partial charge in [0, 0.05) is 5.02 Å². The Labute approximate surface area is 99.7 Å². The van der Waals surface area contributed by atoms with Crippen LogP contribution < -0.4 is 16.0 Å². The Bertz CT molecular complexity index is 363. The van der Waals surface area contributed by atoms with Crippen LogP contribution in [0, 0.1) is 5.41 Å². The number of nitrogens with one attached hydrogen (secondary N) is 1. The summed E-state index contributed by atoms with van der Waals surface area (Å²) in [6, 6.07) is 6.96. The molecule has 5 heteroatoms. The molecule has 0 fully saturated rings. The first-order valence-corrected chi connectivity index (χ1v) is 5.23. The number of halogens is 1. The van der Waals surface area contributed by atoms with E-state index < -0.39 is 5.41 Å². The Kier molecular flexibility index (Phi) is 4.15. The second-order valence-electron chi connectivity index (χ2n) is 4.10. The Morgan fingerprint density at radius 2 is 2.00 bits per heavy atom. The predicted molar refractivity (Wildman–Crippen MR) is 63.1 cm³/mol. The van der Waals surface area contributed by atoms with Gasteiger partial charge in [-0.1, -0.05) is 11.6 Å². The van der Waals surface area contributed by atoms with Crippen molar-refractivity contribution in [1.29, 1.82) is 0 Å². The molecular weight excluding hydrogens is 228 g/mol. The van der Waals surface area contributed by atoms with Crippen molar-refractivity contribution in [3.8, 4) is 5.75 Å². The summed E-state index contributed by atoms with van der Waals surface area (Å²) >= 11 is 5.74. The van der Waals surface area contributed by atoms with E-state index in [0.29, 0.717) is 10.8 Å². The van der Waals surface area contributed by atoms with Crippen LogP contribution in [-0.4, -0.2) is 12.5 Å². The van der Waals surface area contributed by atoms with Gasteiger partial charge in [0.15, 0.2) is 0 Å². The number of hydrazine groups is 1. The number of ether oxygens (including phenoxy) is 1. The summed E-state index contributed by atoms with van der Waals surface area (Å²) in [6.07, 6.45) is 0. The van der Waals surface area contributed by atoms with E-state index in [1.54, 1.807) is 38.1 Å². The number of hydrogen-bond donors (Lipinski definition) is 2. The van der Waals surface area contributed by atoms with E-state index in [9.17, 15) is 4.79 Å². The minimum atomic E-state index is -0.672. The summed E-state index contributed by atoms with van der Waals surface area (Å²) in [5, 5.41) is 0.645. The van der Waals surface area contributed by atoms with Gasteiger partial charge in [-0.25, -0.2) is 5.84 Å². The second kappa shape index (κ2) is 5.18. The fourth-order valence-electron chi connectivity index (χ4n) is 1.06. The lowest BCUT2D eigenvalue weighted by molar-refractivity contribution is -0.130. The molecule has 4 nitrogen and oxygen atoms in total. The summed E-state index contributed by atoms with van der Waals surface area (Å²) in [5.74, 6) is 5.48. The third kappa shape index (κ3) is 3.40. The van der Waals surface area contributed by atoms with E-state index in [1.165, 1.54) is 0 Å². The molecule has 0 aliphatic heterocycles. The fourth-order valence-corrected chi connectivity index (χ4v) is 1.18. The van der Waals surface area contributed by atoms with Crippen LogP contribution in [0.3, 0.4) is 0 Å². The molecule has 1 aromatic rings. The van der Waals surface area contributed by atoms with Crippen LogP contribution in [-0.2, 0) is 4.79 Å². The highest BCUT2D eigenvalue weighted by molar-refractivity contribution is 6.30. The molecule has 0 bridgehead atoms. The first kappa shape index (κ1) is 12.8.